The molecule has 0 unspecified atom stereocenters. The third kappa shape index (κ3) is 1.26. The quantitative estimate of drug-likeness (QED) is 0.667. The average molecular weight is 218 g/mol. The highest BCUT2D eigenvalue weighted by Crippen LogP contribution is 2.32. The molecule has 13 heavy (non-hydrogen) atoms. The summed E-state index contributed by atoms with van der Waals surface area (Å²) >= 11 is 4.85. The van der Waals surface area contributed by atoms with Gasteiger partial charge in [-0.2, -0.15) is 0 Å². The van der Waals surface area contributed by atoms with E-state index in [1.165, 1.54) is 0 Å². The number of anilines is 1. The molecule has 1 aromatic carbocycles. The molecule has 0 fully saturated rings. The van der Waals surface area contributed by atoms with Crippen molar-refractivity contribution in [3.05, 3.63) is 17.7 Å². The molecule has 0 aliphatic rings. The molecule has 2 rings (SSSR count). The van der Waals surface area contributed by atoms with Crippen molar-refractivity contribution >= 4 is 39.3 Å². The van der Waals surface area contributed by atoms with Crippen LogP contribution in [-0.2, 0) is 0 Å². The van der Waals surface area contributed by atoms with Gasteiger partial charge in [-0.3, -0.25) is 0 Å². The summed E-state index contributed by atoms with van der Waals surface area (Å²) in [5.74, 6) is -1.38. The molecule has 0 atom stereocenters. The molecule has 0 amide bonds. The standard InChI is InChI=1S/C7H4F2N2S2/c8-2-1-3(9)6-4(5(2)12)11-7(10)13-6/h1,12H,(H2,10,11). The minimum atomic E-state index is -0.723. The van der Waals surface area contributed by atoms with Crippen LogP contribution >= 0.6 is 24.0 Å². The number of fused-ring (bicyclic) bond motifs is 1. The van der Waals surface area contributed by atoms with Gasteiger partial charge in [-0.05, 0) is 0 Å². The number of nitrogen functional groups attached to an aromatic ring is 1. The smallest absolute Gasteiger partial charge is 0.181 e. The van der Waals surface area contributed by atoms with Crippen LogP contribution in [0.1, 0.15) is 0 Å². The molecule has 2 N–H and O–H groups in total. The van der Waals surface area contributed by atoms with Crippen LogP contribution in [0.2, 0.25) is 0 Å². The van der Waals surface area contributed by atoms with Crippen LogP contribution in [0.4, 0.5) is 13.9 Å². The second-order valence-corrected chi connectivity index (χ2v) is 3.90. The van der Waals surface area contributed by atoms with E-state index in [9.17, 15) is 8.78 Å². The summed E-state index contributed by atoms with van der Waals surface area (Å²) in [6.07, 6.45) is 0. The van der Waals surface area contributed by atoms with Gasteiger partial charge in [0.1, 0.15) is 17.2 Å². The van der Waals surface area contributed by atoms with Crippen molar-refractivity contribution < 1.29 is 8.78 Å². The number of nitrogens with zero attached hydrogens (tertiary/aromatic N) is 1. The van der Waals surface area contributed by atoms with Gasteiger partial charge >= 0.3 is 0 Å². The first-order valence-electron chi connectivity index (χ1n) is 3.32. The molecular weight excluding hydrogens is 214 g/mol. The van der Waals surface area contributed by atoms with Crippen molar-refractivity contribution in [2.24, 2.45) is 0 Å². The summed E-state index contributed by atoms with van der Waals surface area (Å²) in [5, 5.41) is 0.204. The average Bonchev–Trinajstić information content (AvgIpc) is 2.44. The summed E-state index contributed by atoms with van der Waals surface area (Å²) in [6.45, 7) is 0. The number of rotatable bonds is 0. The van der Waals surface area contributed by atoms with Gasteiger partial charge in [0.05, 0.1) is 9.60 Å². The summed E-state index contributed by atoms with van der Waals surface area (Å²) in [6, 6.07) is 0.780. The second-order valence-electron chi connectivity index (χ2n) is 2.42. The zero-order chi connectivity index (χ0) is 9.59. The Balaban J connectivity index is 2.95. The van der Waals surface area contributed by atoms with E-state index in [1.54, 1.807) is 0 Å². The molecule has 0 aliphatic carbocycles. The van der Waals surface area contributed by atoms with E-state index < -0.39 is 11.6 Å². The van der Waals surface area contributed by atoms with Crippen LogP contribution in [-0.4, -0.2) is 4.98 Å². The Bertz CT molecular complexity index is 481. The third-order valence-corrected chi connectivity index (χ3v) is 2.88. The van der Waals surface area contributed by atoms with Gasteiger partial charge in [-0.25, -0.2) is 13.8 Å². The lowest BCUT2D eigenvalue weighted by Gasteiger charge is -1.96. The van der Waals surface area contributed by atoms with E-state index in [4.69, 9.17) is 5.73 Å². The predicted octanol–water partition coefficient (Wildman–Crippen LogP) is 2.45. The fraction of sp³-hybridized carbons (Fsp3) is 0. The first kappa shape index (κ1) is 8.71. The molecule has 6 heteroatoms. The molecule has 68 valence electrons. The maximum Gasteiger partial charge on any atom is 0.181 e. The van der Waals surface area contributed by atoms with Gasteiger partial charge in [-0.1, -0.05) is 11.3 Å². The van der Waals surface area contributed by atoms with E-state index in [-0.39, 0.29) is 20.2 Å². The number of thiazole rings is 1. The highest BCUT2D eigenvalue weighted by Gasteiger charge is 2.13. The Kier molecular flexibility index (Phi) is 1.88. The summed E-state index contributed by atoms with van der Waals surface area (Å²) in [7, 11) is 0. The van der Waals surface area contributed by atoms with E-state index >= 15 is 0 Å². The lowest BCUT2D eigenvalue weighted by molar-refractivity contribution is 0.576. The lowest BCUT2D eigenvalue weighted by atomic mass is 10.3. The normalized spacial score (nSPS) is 11.0. The maximum atomic E-state index is 13.1. The SMILES string of the molecule is Nc1nc2c(S)c(F)cc(F)c2s1. The van der Waals surface area contributed by atoms with Crippen molar-refractivity contribution in [1.29, 1.82) is 0 Å². The first-order valence-corrected chi connectivity index (χ1v) is 4.59. The number of thiol groups is 1. The largest absolute Gasteiger partial charge is 0.375 e. The second kappa shape index (κ2) is 2.81. The van der Waals surface area contributed by atoms with Crippen molar-refractivity contribution in [2.45, 2.75) is 4.90 Å². The molecule has 0 bridgehead atoms. The summed E-state index contributed by atoms with van der Waals surface area (Å²) in [4.78, 5) is 3.81. The molecule has 0 saturated heterocycles. The fourth-order valence-corrected chi connectivity index (χ4v) is 2.07. The Labute approximate surface area is 81.8 Å². The predicted molar refractivity (Wildman–Crippen MR) is 51.2 cm³/mol. The number of aromatic nitrogens is 1. The summed E-state index contributed by atoms with van der Waals surface area (Å²) in [5.41, 5.74) is 5.55. The number of benzene rings is 1. The molecule has 1 aromatic heterocycles. The molecule has 2 aromatic rings. The van der Waals surface area contributed by atoms with Crippen LogP contribution in [0.15, 0.2) is 11.0 Å². The highest BCUT2D eigenvalue weighted by molar-refractivity contribution is 7.80. The Hall–Kier alpha value is -0.880. The zero-order valence-corrected chi connectivity index (χ0v) is 7.92. The van der Waals surface area contributed by atoms with Crippen LogP contribution in [0.3, 0.4) is 0 Å². The number of nitrogens with two attached hydrogens (primary N) is 1. The van der Waals surface area contributed by atoms with E-state index in [0.29, 0.717) is 0 Å². The number of hydrogen-bond donors (Lipinski definition) is 2. The van der Waals surface area contributed by atoms with Crippen LogP contribution in [0.25, 0.3) is 10.2 Å². The van der Waals surface area contributed by atoms with Crippen LogP contribution < -0.4 is 5.73 Å². The van der Waals surface area contributed by atoms with Gasteiger partial charge < -0.3 is 5.73 Å². The summed E-state index contributed by atoms with van der Waals surface area (Å²) < 4.78 is 26.2. The third-order valence-electron chi connectivity index (χ3n) is 1.56. The number of hydrogen-bond acceptors (Lipinski definition) is 4. The van der Waals surface area contributed by atoms with Gasteiger partial charge in [0.15, 0.2) is 5.13 Å². The van der Waals surface area contributed by atoms with Gasteiger partial charge in [0.2, 0.25) is 0 Å². The van der Waals surface area contributed by atoms with Gasteiger partial charge in [-0.15, -0.1) is 12.6 Å². The highest BCUT2D eigenvalue weighted by atomic mass is 32.1. The van der Waals surface area contributed by atoms with Crippen LogP contribution in [0, 0.1) is 11.6 Å². The minimum Gasteiger partial charge on any atom is -0.375 e. The Morgan fingerprint density at radius 2 is 2.08 bits per heavy atom. The Morgan fingerprint density at radius 1 is 1.38 bits per heavy atom. The molecular formula is C7H4F2N2S2. The van der Waals surface area contributed by atoms with Gasteiger partial charge in [0.25, 0.3) is 0 Å². The van der Waals surface area contributed by atoms with Crippen molar-refractivity contribution in [3.63, 3.8) is 0 Å². The molecule has 2 nitrogen and oxygen atoms in total. The molecule has 1 heterocycles. The van der Waals surface area contributed by atoms with Crippen molar-refractivity contribution in [2.75, 3.05) is 5.73 Å². The van der Waals surface area contributed by atoms with E-state index in [1.807, 2.05) is 0 Å². The first-order chi connectivity index (χ1) is 6.09. The molecule has 0 spiro atoms. The lowest BCUT2D eigenvalue weighted by Crippen LogP contribution is -1.85. The topological polar surface area (TPSA) is 38.9 Å². The minimum absolute atomic E-state index is 0.0318. The Morgan fingerprint density at radius 3 is 2.77 bits per heavy atom. The van der Waals surface area contributed by atoms with E-state index in [2.05, 4.69) is 17.6 Å². The molecule has 0 radical (unpaired) electrons. The van der Waals surface area contributed by atoms with E-state index in [0.717, 1.165) is 17.4 Å². The monoisotopic (exact) mass is 218 g/mol. The van der Waals surface area contributed by atoms with Crippen molar-refractivity contribution in [3.8, 4) is 0 Å². The molecule has 0 saturated carbocycles. The van der Waals surface area contributed by atoms with Crippen molar-refractivity contribution in [1.82, 2.24) is 4.98 Å². The molecule has 0 aliphatic heterocycles. The maximum absolute atomic E-state index is 13.1. The van der Waals surface area contributed by atoms with Gasteiger partial charge in [0, 0.05) is 6.07 Å². The zero-order valence-electron chi connectivity index (χ0n) is 6.21. The fourth-order valence-electron chi connectivity index (χ4n) is 1.02. The number of halogens is 2. The van der Waals surface area contributed by atoms with Crippen LogP contribution in [0.5, 0.6) is 0 Å².